The average Bonchev–Trinajstić information content (AvgIpc) is 3.36. The molecule has 0 atom stereocenters. The molecule has 1 aliphatic rings. The van der Waals surface area contributed by atoms with Gasteiger partial charge in [0.1, 0.15) is 18.9 Å². The minimum absolute atomic E-state index is 0.236. The molecule has 1 aromatic carbocycles. The largest absolute Gasteiger partial charge is 0.486 e. The van der Waals surface area contributed by atoms with Crippen LogP contribution >= 0.6 is 22.9 Å². The minimum Gasteiger partial charge on any atom is -0.486 e. The van der Waals surface area contributed by atoms with Crippen molar-refractivity contribution in [2.45, 2.75) is 6.42 Å². The molecule has 0 spiro atoms. The molecule has 0 unspecified atom stereocenters. The first-order valence-electron chi connectivity index (χ1n) is 9.76. The quantitative estimate of drug-likeness (QED) is 0.473. The summed E-state index contributed by atoms with van der Waals surface area (Å²) in [5.41, 5.74) is 7.61. The summed E-state index contributed by atoms with van der Waals surface area (Å²) in [7, 11) is 0. The number of nitrogens with zero attached hydrogens (tertiary/aromatic N) is 2. The number of rotatable bonds is 4. The zero-order valence-corrected chi connectivity index (χ0v) is 18.2. The Morgan fingerprint density at radius 1 is 1.19 bits per heavy atom. The van der Waals surface area contributed by atoms with Crippen LogP contribution in [-0.4, -0.2) is 33.9 Å². The van der Waals surface area contributed by atoms with Gasteiger partial charge in [-0.1, -0.05) is 17.7 Å². The van der Waals surface area contributed by atoms with Crippen molar-refractivity contribution in [1.29, 1.82) is 0 Å². The molecule has 0 saturated heterocycles. The molecular formula is C22H17ClN4O4S. The molecular weight excluding hydrogens is 452 g/mol. The number of nitrogens with one attached hydrogen (secondary N) is 1. The minimum atomic E-state index is -0.435. The fraction of sp³-hybridized carbons (Fsp3) is 0.136. The number of H-pyrrole nitrogens is 1. The molecule has 3 aromatic heterocycles. The SMILES string of the molecule is Nc1c(-c2ccc[nH]c2=O)nn(C(=O)c2cccc3c2OCCO3)c1Cc1ccc(Cl)s1. The standard InChI is InChI=1S/C22H17ClN4O4S/c23-17-7-6-12(32-17)11-15-18(24)19(13-4-2-8-25-21(13)28)26-27(15)22(29)14-3-1-5-16-20(14)31-10-9-30-16/h1-8H,9-11,24H2,(H,25,28). The van der Waals surface area contributed by atoms with Crippen LogP contribution in [-0.2, 0) is 6.42 Å². The molecule has 4 aromatic rings. The predicted molar refractivity (Wildman–Crippen MR) is 122 cm³/mol. The number of thiophene rings is 1. The summed E-state index contributed by atoms with van der Waals surface area (Å²) < 4.78 is 13.2. The first-order valence-corrected chi connectivity index (χ1v) is 11.0. The van der Waals surface area contributed by atoms with Gasteiger partial charge in [0.15, 0.2) is 11.5 Å². The van der Waals surface area contributed by atoms with Crippen LogP contribution in [0.2, 0.25) is 4.34 Å². The second kappa shape index (κ2) is 8.18. The number of carbonyl (C=O) groups is 1. The summed E-state index contributed by atoms with van der Waals surface area (Å²) in [6, 6.07) is 12.0. The van der Waals surface area contributed by atoms with Crippen LogP contribution in [0.15, 0.2) is 53.5 Å². The number of nitrogen functional groups attached to an aromatic ring is 1. The molecule has 0 radical (unpaired) electrons. The number of hydrogen-bond donors (Lipinski definition) is 2. The van der Waals surface area contributed by atoms with E-state index in [-0.39, 0.29) is 22.5 Å². The van der Waals surface area contributed by atoms with Gasteiger partial charge in [0.2, 0.25) is 0 Å². The number of nitrogens with two attached hydrogens (primary N) is 1. The van der Waals surface area contributed by atoms with E-state index in [4.69, 9.17) is 26.8 Å². The number of fused-ring (bicyclic) bond motifs is 1. The monoisotopic (exact) mass is 468 g/mol. The van der Waals surface area contributed by atoms with E-state index in [1.807, 2.05) is 6.07 Å². The van der Waals surface area contributed by atoms with Crippen molar-refractivity contribution < 1.29 is 14.3 Å². The van der Waals surface area contributed by atoms with E-state index in [2.05, 4.69) is 10.1 Å². The van der Waals surface area contributed by atoms with Gasteiger partial charge in [0, 0.05) is 17.5 Å². The van der Waals surface area contributed by atoms with Gasteiger partial charge in [-0.25, -0.2) is 0 Å². The summed E-state index contributed by atoms with van der Waals surface area (Å²) in [6.07, 6.45) is 1.84. The lowest BCUT2D eigenvalue weighted by atomic mass is 10.1. The number of carbonyl (C=O) groups excluding carboxylic acids is 1. The van der Waals surface area contributed by atoms with Crippen LogP contribution in [0.25, 0.3) is 11.3 Å². The highest BCUT2D eigenvalue weighted by Crippen LogP contribution is 2.36. The second-order valence-corrected chi connectivity index (χ2v) is 8.85. The van der Waals surface area contributed by atoms with E-state index in [0.717, 1.165) is 4.88 Å². The third-order valence-corrected chi connectivity index (χ3v) is 6.29. The molecule has 162 valence electrons. The zero-order valence-electron chi connectivity index (χ0n) is 16.6. The van der Waals surface area contributed by atoms with E-state index in [0.29, 0.717) is 46.7 Å². The van der Waals surface area contributed by atoms with Crippen LogP contribution in [0.5, 0.6) is 11.5 Å². The number of aromatic nitrogens is 3. The highest BCUT2D eigenvalue weighted by atomic mass is 35.5. The number of benzene rings is 1. The number of halogens is 1. The van der Waals surface area contributed by atoms with E-state index < -0.39 is 5.91 Å². The Hall–Kier alpha value is -3.56. The number of anilines is 1. The Balaban J connectivity index is 1.67. The first-order chi connectivity index (χ1) is 15.5. The van der Waals surface area contributed by atoms with Gasteiger partial charge in [-0.15, -0.1) is 11.3 Å². The number of ether oxygens (including phenoxy) is 2. The molecule has 4 heterocycles. The predicted octanol–water partition coefficient (Wildman–Crippen LogP) is 3.59. The molecule has 1 aliphatic heterocycles. The molecule has 5 rings (SSSR count). The van der Waals surface area contributed by atoms with Gasteiger partial charge in [-0.3, -0.25) is 9.59 Å². The summed E-state index contributed by atoms with van der Waals surface area (Å²) >= 11 is 7.47. The van der Waals surface area contributed by atoms with Gasteiger partial charge in [0.25, 0.3) is 11.5 Å². The molecule has 0 amide bonds. The van der Waals surface area contributed by atoms with Crippen molar-refractivity contribution in [3.8, 4) is 22.8 Å². The van der Waals surface area contributed by atoms with E-state index >= 15 is 0 Å². The second-order valence-electron chi connectivity index (χ2n) is 7.05. The number of pyridine rings is 1. The van der Waals surface area contributed by atoms with Crippen LogP contribution in [0.4, 0.5) is 5.69 Å². The van der Waals surface area contributed by atoms with Gasteiger partial charge in [0.05, 0.1) is 26.8 Å². The van der Waals surface area contributed by atoms with Crippen molar-refractivity contribution >= 4 is 34.5 Å². The Bertz CT molecular complexity index is 1390. The Kier molecular flexibility index (Phi) is 5.20. The highest BCUT2D eigenvalue weighted by molar-refractivity contribution is 7.16. The summed E-state index contributed by atoms with van der Waals surface area (Å²) in [6.45, 7) is 0.744. The first kappa shape index (κ1) is 20.3. The van der Waals surface area contributed by atoms with Crippen LogP contribution in [0.3, 0.4) is 0 Å². The zero-order chi connectivity index (χ0) is 22.2. The van der Waals surface area contributed by atoms with Gasteiger partial charge in [-0.2, -0.15) is 9.78 Å². The fourth-order valence-corrected chi connectivity index (χ4v) is 4.67. The molecule has 10 heteroatoms. The molecule has 8 nitrogen and oxygen atoms in total. The Morgan fingerprint density at radius 3 is 2.81 bits per heavy atom. The lowest BCUT2D eigenvalue weighted by Crippen LogP contribution is -2.22. The van der Waals surface area contributed by atoms with E-state index in [9.17, 15) is 9.59 Å². The van der Waals surface area contributed by atoms with Crippen LogP contribution in [0.1, 0.15) is 20.9 Å². The van der Waals surface area contributed by atoms with E-state index in [1.54, 1.807) is 36.4 Å². The normalized spacial score (nSPS) is 12.7. The highest BCUT2D eigenvalue weighted by Gasteiger charge is 2.27. The van der Waals surface area contributed by atoms with Gasteiger partial charge < -0.3 is 20.2 Å². The molecule has 3 N–H and O–H groups in total. The van der Waals surface area contributed by atoms with E-state index in [1.165, 1.54) is 22.2 Å². The third kappa shape index (κ3) is 3.55. The van der Waals surface area contributed by atoms with Gasteiger partial charge >= 0.3 is 0 Å². The van der Waals surface area contributed by atoms with Crippen molar-refractivity contribution in [3.05, 3.63) is 79.5 Å². The number of hydrogen-bond acceptors (Lipinski definition) is 7. The van der Waals surface area contributed by atoms with Crippen molar-refractivity contribution in [2.24, 2.45) is 0 Å². The molecule has 0 bridgehead atoms. The Morgan fingerprint density at radius 2 is 2.03 bits per heavy atom. The summed E-state index contributed by atoms with van der Waals surface area (Å²) in [5.74, 6) is 0.422. The molecule has 0 fully saturated rings. The van der Waals surface area contributed by atoms with Crippen molar-refractivity contribution in [2.75, 3.05) is 18.9 Å². The topological polar surface area (TPSA) is 112 Å². The summed E-state index contributed by atoms with van der Waals surface area (Å²) in [5, 5.41) is 4.47. The maximum Gasteiger partial charge on any atom is 0.282 e. The molecule has 0 aliphatic carbocycles. The molecule has 0 saturated carbocycles. The third-order valence-electron chi connectivity index (χ3n) is 5.05. The van der Waals surface area contributed by atoms with Crippen LogP contribution < -0.4 is 20.8 Å². The average molecular weight is 469 g/mol. The number of aromatic amines is 1. The number of para-hydroxylation sites is 1. The maximum atomic E-state index is 13.6. The van der Waals surface area contributed by atoms with Crippen molar-refractivity contribution in [3.63, 3.8) is 0 Å². The lowest BCUT2D eigenvalue weighted by molar-refractivity contribution is 0.0931. The summed E-state index contributed by atoms with van der Waals surface area (Å²) in [4.78, 5) is 29.5. The van der Waals surface area contributed by atoms with Gasteiger partial charge in [-0.05, 0) is 36.4 Å². The Labute approximate surface area is 191 Å². The fourth-order valence-electron chi connectivity index (χ4n) is 3.58. The smallest absolute Gasteiger partial charge is 0.282 e. The van der Waals surface area contributed by atoms with Crippen molar-refractivity contribution in [1.82, 2.24) is 14.8 Å². The van der Waals surface area contributed by atoms with Crippen LogP contribution in [0, 0.1) is 0 Å². The lowest BCUT2D eigenvalue weighted by Gasteiger charge is -2.20. The maximum absolute atomic E-state index is 13.6. The molecule has 32 heavy (non-hydrogen) atoms.